The van der Waals surface area contributed by atoms with Gasteiger partial charge >= 0.3 is 5.97 Å². The second kappa shape index (κ2) is 8.86. The normalized spacial score (nSPS) is 14.6. The lowest BCUT2D eigenvalue weighted by molar-refractivity contribution is 0.0550. The fourth-order valence-electron chi connectivity index (χ4n) is 2.61. The topological polar surface area (TPSA) is 69.0 Å². The highest BCUT2D eigenvalue weighted by Crippen LogP contribution is 2.23. The lowest BCUT2D eigenvalue weighted by Gasteiger charge is -2.22. The van der Waals surface area contributed by atoms with Crippen LogP contribution in [0.2, 0.25) is 0 Å². The number of esters is 1. The molecular formula is C15H20Cl2N4O2. The first-order chi connectivity index (χ1) is 10.3. The van der Waals surface area contributed by atoms with Crippen LogP contribution in [0.15, 0.2) is 30.9 Å². The van der Waals surface area contributed by atoms with E-state index in [1.165, 1.54) is 0 Å². The third kappa shape index (κ3) is 4.22. The Morgan fingerprint density at radius 2 is 2.13 bits per heavy atom. The summed E-state index contributed by atoms with van der Waals surface area (Å²) in [4.78, 5) is 11.8. The van der Waals surface area contributed by atoms with Crippen molar-refractivity contribution in [3.05, 3.63) is 36.4 Å². The predicted molar refractivity (Wildman–Crippen MR) is 93.6 cm³/mol. The van der Waals surface area contributed by atoms with Gasteiger partial charge in [-0.05, 0) is 44.1 Å². The third-order valence-corrected chi connectivity index (χ3v) is 3.69. The van der Waals surface area contributed by atoms with Gasteiger partial charge in [0.25, 0.3) is 0 Å². The molecule has 1 aliphatic rings. The predicted octanol–water partition coefficient (Wildman–Crippen LogP) is 2.54. The summed E-state index contributed by atoms with van der Waals surface area (Å²) in [5, 5.41) is 11.8. The second-order valence-corrected chi connectivity index (χ2v) is 5.11. The maximum Gasteiger partial charge on any atom is 0.338 e. The standard InChI is InChI=1S/C15H18N4O2.2ClH/c1-2-9-21-15(20)11-3-4-14-13(10-11)17-18-19(14)12-5-7-16-8-6-12;;/h2-4,10,12,16H,1,5-9H2;2*1H. The number of halogens is 2. The van der Waals surface area contributed by atoms with E-state index in [0.717, 1.165) is 37.0 Å². The van der Waals surface area contributed by atoms with Gasteiger partial charge in [-0.15, -0.1) is 29.9 Å². The van der Waals surface area contributed by atoms with Crippen LogP contribution in [0.4, 0.5) is 0 Å². The first-order valence-corrected chi connectivity index (χ1v) is 7.13. The van der Waals surface area contributed by atoms with E-state index in [-0.39, 0.29) is 37.4 Å². The van der Waals surface area contributed by atoms with Crippen molar-refractivity contribution in [2.24, 2.45) is 0 Å². The molecule has 0 radical (unpaired) electrons. The molecule has 1 aromatic carbocycles. The first-order valence-electron chi connectivity index (χ1n) is 7.13. The van der Waals surface area contributed by atoms with Gasteiger partial charge in [-0.2, -0.15) is 0 Å². The zero-order valence-electron chi connectivity index (χ0n) is 12.6. The molecule has 2 aromatic rings. The number of nitrogens with zero attached hydrogens (tertiary/aromatic N) is 3. The number of aromatic nitrogens is 3. The van der Waals surface area contributed by atoms with Gasteiger partial charge < -0.3 is 10.1 Å². The molecule has 0 spiro atoms. The van der Waals surface area contributed by atoms with E-state index in [0.29, 0.717) is 11.6 Å². The highest BCUT2D eigenvalue weighted by Gasteiger charge is 2.19. The van der Waals surface area contributed by atoms with Crippen LogP contribution in [0.3, 0.4) is 0 Å². The number of carbonyl (C=O) groups excluding carboxylic acids is 1. The van der Waals surface area contributed by atoms with E-state index >= 15 is 0 Å². The van der Waals surface area contributed by atoms with Crippen LogP contribution < -0.4 is 5.32 Å². The van der Waals surface area contributed by atoms with Gasteiger partial charge in [0.05, 0.1) is 17.1 Å². The maximum atomic E-state index is 11.8. The average molecular weight is 359 g/mol. The summed E-state index contributed by atoms with van der Waals surface area (Å²) < 4.78 is 7.00. The van der Waals surface area contributed by atoms with Gasteiger partial charge in [-0.25, -0.2) is 9.48 Å². The summed E-state index contributed by atoms with van der Waals surface area (Å²) in [6, 6.07) is 5.75. The number of nitrogens with one attached hydrogen (secondary N) is 1. The monoisotopic (exact) mass is 358 g/mol. The Morgan fingerprint density at radius 1 is 1.39 bits per heavy atom. The Kier molecular flexibility index (Phi) is 7.48. The van der Waals surface area contributed by atoms with Crippen molar-refractivity contribution in [2.75, 3.05) is 19.7 Å². The Hall–Kier alpha value is -1.63. The Balaban J connectivity index is 0.00000132. The largest absolute Gasteiger partial charge is 0.458 e. The molecule has 3 rings (SSSR count). The summed E-state index contributed by atoms with van der Waals surface area (Å²) in [5.41, 5.74) is 2.17. The van der Waals surface area contributed by atoms with Gasteiger partial charge in [0, 0.05) is 0 Å². The molecule has 23 heavy (non-hydrogen) atoms. The minimum atomic E-state index is -0.367. The maximum absolute atomic E-state index is 11.8. The molecule has 1 saturated heterocycles. The molecule has 8 heteroatoms. The molecule has 1 fully saturated rings. The van der Waals surface area contributed by atoms with Crippen LogP contribution >= 0.6 is 24.8 Å². The van der Waals surface area contributed by atoms with Crippen molar-refractivity contribution in [2.45, 2.75) is 18.9 Å². The van der Waals surface area contributed by atoms with E-state index in [9.17, 15) is 4.79 Å². The van der Waals surface area contributed by atoms with Crippen molar-refractivity contribution in [3.63, 3.8) is 0 Å². The molecule has 0 saturated carbocycles. The zero-order valence-corrected chi connectivity index (χ0v) is 14.2. The molecule has 1 aromatic heterocycles. The van der Waals surface area contributed by atoms with Gasteiger partial charge in [-0.1, -0.05) is 17.9 Å². The van der Waals surface area contributed by atoms with E-state index < -0.39 is 0 Å². The first kappa shape index (κ1) is 19.4. The Labute approximate surface area is 147 Å². The summed E-state index contributed by atoms with van der Waals surface area (Å²) in [6.07, 6.45) is 3.63. The minimum absolute atomic E-state index is 0. The molecule has 2 heterocycles. The van der Waals surface area contributed by atoms with Gasteiger partial charge in [0.2, 0.25) is 0 Å². The number of fused-ring (bicyclic) bond motifs is 1. The number of rotatable bonds is 4. The van der Waals surface area contributed by atoms with Crippen LogP contribution in [0, 0.1) is 0 Å². The lowest BCUT2D eigenvalue weighted by atomic mass is 10.1. The number of hydrogen-bond acceptors (Lipinski definition) is 5. The summed E-state index contributed by atoms with van der Waals surface area (Å²) in [7, 11) is 0. The van der Waals surface area contributed by atoms with Gasteiger partial charge in [-0.3, -0.25) is 0 Å². The number of ether oxygens (including phenoxy) is 1. The van der Waals surface area contributed by atoms with E-state index in [4.69, 9.17) is 4.74 Å². The van der Waals surface area contributed by atoms with Crippen LogP contribution in [-0.2, 0) is 4.74 Å². The van der Waals surface area contributed by atoms with Crippen molar-refractivity contribution in [3.8, 4) is 0 Å². The smallest absolute Gasteiger partial charge is 0.338 e. The number of piperidine rings is 1. The SMILES string of the molecule is C=CCOC(=O)c1ccc2c(c1)nnn2C1CCNCC1.Cl.Cl. The second-order valence-electron chi connectivity index (χ2n) is 5.11. The highest BCUT2D eigenvalue weighted by atomic mass is 35.5. The Bertz CT molecular complexity index is 669. The summed E-state index contributed by atoms with van der Waals surface area (Å²) in [6.45, 7) is 5.73. The molecule has 0 amide bonds. The molecular weight excluding hydrogens is 339 g/mol. The van der Waals surface area contributed by atoms with Crippen LogP contribution in [0.1, 0.15) is 29.2 Å². The molecule has 1 aliphatic heterocycles. The van der Waals surface area contributed by atoms with Gasteiger partial charge in [0.1, 0.15) is 12.1 Å². The number of carbonyl (C=O) groups is 1. The molecule has 6 nitrogen and oxygen atoms in total. The van der Waals surface area contributed by atoms with Crippen LogP contribution in [0.25, 0.3) is 11.0 Å². The molecule has 0 unspecified atom stereocenters. The third-order valence-electron chi connectivity index (χ3n) is 3.69. The van der Waals surface area contributed by atoms with E-state index in [1.807, 2.05) is 10.7 Å². The fraction of sp³-hybridized carbons (Fsp3) is 0.400. The highest BCUT2D eigenvalue weighted by molar-refractivity contribution is 5.93. The summed E-state index contributed by atoms with van der Waals surface area (Å²) >= 11 is 0. The van der Waals surface area contributed by atoms with E-state index in [2.05, 4.69) is 22.2 Å². The number of hydrogen-bond donors (Lipinski definition) is 1. The number of benzene rings is 1. The lowest BCUT2D eigenvalue weighted by Crippen LogP contribution is -2.29. The van der Waals surface area contributed by atoms with Crippen LogP contribution in [0.5, 0.6) is 0 Å². The fourth-order valence-corrected chi connectivity index (χ4v) is 2.61. The average Bonchev–Trinajstić information content (AvgIpc) is 2.96. The van der Waals surface area contributed by atoms with Crippen molar-refractivity contribution < 1.29 is 9.53 Å². The Morgan fingerprint density at radius 3 is 2.83 bits per heavy atom. The minimum Gasteiger partial charge on any atom is -0.458 e. The quantitative estimate of drug-likeness (QED) is 0.671. The molecule has 0 bridgehead atoms. The van der Waals surface area contributed by atoms with Crippen molar-refractivity contribution >= 4 is 41.8 Å². The molecule has 0 aliphatic carbocycles. The summed E-state index contributed by atoms with van der Waals surface area (Å²) in [5.74, 6) is -0.367. The van der Waals surface area contributed by atoms with Crippen molar-refractivity contribution in [1.82, 2.24) is 20.3 Å². The molecule has 126 valence electrons. The van der Waals surface area contributed by atoms with Crippen LogP contribution in [-0.4, -0.2) is 40.7 Å². The van der Waals surface area contributed by atoms with Gasteiger partial charge in [0.15, 0.2) is 0 Å². The van der Waals surface area contributed by atoms with E-state index in [1.54, 1.807) is 18.2 Å². The zero-order chi connectivity index (χ0) is 14.7. The molecule has 1 N–H and O–H groups in total. The van der Waals surface area contributed by atoms with Crippen molar-refractivity contribution in [1.29, 1.82) is 0 Å². The molecule has 0 atom stereocenters.